The molecule has 296 valence electrons. The van der Waals surface area contributed by atoms with Gasteiger partial charge in [0.15, 0.2) is 23.0 Å². The Labute approximate surface area is 355 Å². The van der Waals surface area contributed by atoms with Gasteiger partial charge < -0.3 is 30.6 Å². The van der Waals surface area contributed by atoms with Crippen LogP contribution in [0.3, 0.4) is 0 Å². The van der Waals surface area contributed by atoms with Crippen molar-refractivity contribution in [3.05, 3.63) is 193 Å². The van der Waals surface area contributed by atoms with E-state index in [1.54, 1.807) is 0 Å². The van der Waals surface area contributed by atoms with Crippen molar-refractivity contribution in [2.75, 3.05) is 0 Å². The van der Waals surface area contributed by atoms with Crippen LogP contribution in [0.15, 0.2) is 199 Å². The molecule has 10 aromatic carbocycles. The van der Waals surface area contributed by atoms with E-state index in [0.29, 0.717) is 51.8 Å². The molecule has 2 aromatic heterocycles. The Kier molecular flexibility index (Phi) is 7.96. The lowest BCUT2D eigenvalue weighted by molar-refractivity contribution is 0.403. The van der Waals surface area contributed by atoms with E-state index in [1.807, 2.05) is 60.7 Å². The maximum Gasteiger partial charge on any atom is 0.453 e. The van der Waals surface area contributed by atoms with Crippen molar-refractivity contribution < 1.29 is 30.6 Å². The second-order valence-electron chi connectivity index (χ2n) is 15.4. The van der Waals surface area contributed by atoms with Gasteiger partial charge in [0.2, 0.25) is 0 Å². The molecule has 9 heteroatoms. The summed E-state index contributed by atoms with van der Waals surface area (Å²) < 4.78 is 47.2. The van der Waals surface area contributed by atoms with Crippen LogP contribution in [-0.2, 0) is 6.42 Å². The van der Waals surface area contributed by atoms with Gasteiger partial charge in [-0.3, -0.25) is 0 Å². The first-order valence-corrected chi connectivity index (χ1v) is 22.6. The highest BCUT2D eigenvalue weighted by Crippen LogP contribution is 2.52. The van der Waals surface area contributed by atoms with Crippen molar-refractivity contribution >= 4 is 103 Å². The lowest BCUT2D eigenvalue weighted by Crippen LogP contribution is -2.05. The van der Waals surface area contributed by atoms with E-state index in [-0.39, 0.29) is 0 Å². The van der Waals surface area contributed by atoms with Gasteiger partial charge in [0.1, 0.15) is 22.3 Å². The topological polar surface area (TPSA) is 80.3 Å². The molecule has 0 saturated heterocycles. The highest BCUT2D eigenvalue weighted by molar-refractivity contribution is 7.32. The third kappa shape index (κ3) is 5.67. The van der Waals surface area contributed by atoms with E-state index >= 15 is 0 Å². The first-order chi connectivity index (χ1) is 30.7. The van der Waals surface area contributed by atoms with Crippen LogP contribution in [0.2, 0.25) is 0 Å². The zero-order valence-electron chi connectivity index (χ0n) is 32.8. The number of rotatable bonds is 4. The first-order valence-electron chi connectivity index (χ1n) is 20.4. The van der Waals surface area contributed by atoms with E-state index < -0.39 is 16.5 Å². The molecule has 7 nitrogen and oxygen atoms in total. The highest BCUT2D eigenvalue weighted by Gasteiger charge is 2.26. The molecule has 1 aliphatic heterocycles. The van der Waals surface area contributed by atoms with Gasteiger partial charge in [-0.1, -0.05) is 146 Å². The lowest BCUT2D eigenvalue weighted by Gasteiger charge is -2.23. The minimum atomic E-state index is -1.99. The number of ether oxygens (including phenoxy) is 1. The van der Waals surface area contributed by atoms with Gasteiger partial charge in [-0.15, -0.1) is 0 Å². The van der Waals surface area contributed by atoms with E-state index in [9.17, 15) is 0 Å². The predicted octanol–water partition coefficient (Wildman–Crippen LogP) is 16.9. The standard InChI is InChI=1S/C53H32O7P2/c1-5-17-38-32(11-1)23-27-42-48(38)49-39-18-6-2-12-33(39)24-28-43(49)56-61(55-42)59-46-21-9-15-36-31-37-16-10-22-47(53(37)54-52(36)46)60-62-57-44-29-25-34-13-3-7-19-40(34)50(44)51-41-20-8-4-14-35(41)26-30-45(51)58-62/h1-30H,31H2. The lowest BCUT2D eigenvalue weighted by atomic mass is 9.99. The van der Waals surface area contributed by atoms with Crippen LogP contribution in [0.25, 0.3) is 87.0 Å². The molecule has 0 radical (unpaired) electrons. The third-order valence-electron chi connectivity index (χ3n) is 11.8. The SMILES string of the molecule is c1cc2c(c(Op3oc4ccc5ccccc5c4c4c(ccc5ccccc54)o3)c1)Oc1c(cccc1Op1oc3ccc4ccccc4c3c3c(ccc4ccccc43)o1)C2. The normalized spacial score (nSPS) is 12.3. The minimum absolute atomic E-state index is 0.495. The number of benzene rings is 10. The van der Waals surface area contributed by atoms with Crippen LogP contribution in [0.4, 0.5) is 0 Å². The number of hydrogen-bond donors (Lipinski definition) is 0. The fraction of sp³-hybridized carbons (Fsp3) is 0.0189. The number of hydrogen-bond acceptors (Lipinski definition) is 7. The molecule has 0 unspecified atom stereocenters. The van der Waals surface area contributed by atoms with Gasteiger partial charge in [0.25, 0.3) is 0 Å². The first kappa shape index (κ1) is 35.2. The average molecular weight is 843 g/mol. The molecule has 0 spiro atoms. The number of para-hydroxylation sites is 2. The quantitative estimate of drug-likeness (QED) is 0.175. The van der Waals surface area contributed by atoms with Gasteiger partial charge in [-0.05, 0) is 79.5 Å². The Morgan fingerprint density at radius 3 is 0.984 bits per heavy atom. The molecule has 1 aliphatic rings. The van der Waals surface area contributed by atoms with Gasteiger partial charge in [-0.2, -0.15) is 0 Å². The van der Waals surface area contributed by atoms with Crippen LogP contribution in [-0.4, -0.2) is 0 Å². The summed E-state index contributed by atoms with van der Waals surface area (Å²) in [4.78, 5) is 0. The highest BCUT2D eigenvalue weighted by atomic mass is 31.1. The molecule has 0 amide bonds. The Bertz CT molecular complexity index is 3460. The molecule has 3 heterocycles. The van der Waals surface area contributed by atoms with E-state index in [0.717, 1.165) is 75.8 Å². The fourth-order valence-corrected chi connectivity index (χ4v) is 11.1. The molecule has 0 bridgehead atoms. The maximum atomic E-state index is 6.84. The van der Waals surface area contributed by atoms with Gasteiger partial charge >= 0.3 is 16.5 Å². The van der Waals surface area contributed by atoms with Gasteiger partial charge in [-0.25, -0.2) is 0 Å². The summed E-state index contributed by atoms with van der Waals surface area (Å²) in [6.07, 6.45) is 0.589. The zero-order chi connectivity index (χ0) is 40.7. The number of fused-ring (bicyclic) bond motifs is 16. The fourth-order valence-electron chi connectivity index (χ4n) is 9.02. The summed E-state index contributed by atoms with van der Waals surface area (Å²) in [6.45, 7) is 0. The van der Waals surface area contributed by atoms with Crippen molar-refractivity contribution in [2.45, 2.75) is 6.42 Å². The molecule has 0 aliphatic carbocycles. The second kappa shape index (κ2) is 14.0. The van der Waals surface area contributed by atoms with E-state index in [4.69, 9.17) is 30.6 Å². The maximum absolute atomic E-state index is 6.84. The Morgan fingerprint density at radius 1 is 0.323 bits per heavy atom. The monoisotopic (exact) mass is 842 g/mol. The summed E-state index contributed by atoms with van der Waals surface area (Å²) in [5, 5.41) is 12.6. The smallest absolute Gasteiger partial charge is 0.449 e. The van der Waals surface area contributed by atoms with Crippen LogP contribution in [0.5, 0.6) is 23.0 Å². The average Bonchev–Trinajstić information content (AvgIpc) is 3.59. The molecule has 62 heavy (non-hydrogen) atoms. The second-order valence-corrected chi connectivity index (χ2v) is 17.4. The molecule has 12 aromatic rings. The van der Waals surface area contributed by atoms with Crippen LogP contribution < -0.4 is 13.8 Å². The Balaban J connectivity index is 0.936. The Hall–Kier alpha value is -7.56. The summed E-state index contributed by atoms with van der Waals surface area (Å²) in [5.41, 5.74) is 4.67. The molecular weight excluding hydrogens is 811 g/mol. The largest absolute Gasteiger partial charge is 0.453 e. The van der Waals surface area contributed by atoms with Crippen molar-refractivity contribution in [3.8, 4) is 23.0 Å². The molecule has 13 rings (SSSR count). The van der Waals surface area contributed by atoms with Crippen molar-refractivity contribution in [2.24, 2.45) is 0 Å². The van der Waals surface area contributed by atoms with Crippen molar-refractivity contribution in [3.63, 3.8) is 0 Å². The minimum Gasteiger partial charge on any atom is -0.449 e. The van der Waals surface area contributed by atoms with Gasteiger partial charge in [0, 0.05) is 39.1 Å². The zero-order valence-corrected chi connectivity index (χ0v) is 34.6. The molecule has 0 atom stereocenters. The van der Waals surface area contributed by atoms with Crippen molar-refractivity contribution in [1.29, 1.82) is 0 Å². The molecular formula is C53H32O7P2. The van der Waals surface area contributed by atoms with Crippen LogP contribution in [0.1, 0.15) is 11.1 Å². The van der Waals surface area contributed by atoms with E-state index in [1.165, 1.54) is 0 Å². The summed E-state index contributed by atoms with van der Waals surface area (Å²) in [6, 6.07) is 61.6. The molecule has 0 saturated carbocycles. The molecule has 0 N–H and O–H groups in total. The Morgan fingerprint density at radius 2 is 0.645 bits per heavy atom. The van der Waals surface area contributed by atoms with Crippen molar-refractivity contribution in [1.82, 2.24) is 0 Å². The van der Waals surface area contributed by atoms with E-state index in [2.05, 4.69) is 121 Å². The van der Waals surface area contributed by atoms with Crippen LogP contribution in [0, 0.1) is 0 Å². The summed E-state index contributed by atoms with van der Waals surface area (Å²) in [7, 11) is -3.98. The summed E-state index contributed by atoms with van der Waals surface area (Å²) in [5.74, 6) is 2.12. The molecule has 0 fully saturated rings. The van der Waals surface area contributed by atoms with Crippen LogP contribution >= 0.6 is 16.5 Å². The summed E-state index contributed by atoms with van der Waals surface area (Å²) >= 11 is 0. The third-order valence-corrected chi connectivity index (χ3v) is 13.9. The van der Waals surface area contributed by atoms with Gasteiger partial charge in [0.05, 0.1) is 0 Å². The predicted molar refractivity (Wildman–Crippen MR) is 250 cm³/mol.